The van der Waals surface area contributed by atoms with Crippen LogP contribution in [0.3, 0.4) is 0 Å². The van der Waals surface area contributed by atoms with Crippen molar-refractivity contribution < 1.29 is 34.5 Å². The number of carboxylic acid groups (broad SMARTS) is 2. The molecule has 10 heteroatoms. The minimum absolute atomic E-state index is 0.0810. The second-order valence-corrected chi connectivity index (χ2v) is 5.05. The zero-order chi connectivity index (χ0) is 17.3. The Balaban J connectivity index is 4.45. The van der Waals surface area contributed by atoms with E-state index in [1.807, 2.05) is 0 Å². The maximum absolute atomic E-state index is 11.8. The molecule has 0 aliphatic carbocycles. The maximum atomic E-state index is 11.8. The molecule has 0 saturated heterocycles. The van der Waals surface area contributed by atoms with Gasteiger partial charge in [0.2, 0.25) is 5.91 Å². The first-order chi connectivity index (χ1) is 10.2. The van der Waals surface area contributed by atoms with Gasteiger partial charge in [-0.2, -0.15) is 12.6 Å². The molecule has 0 aliphatic heterocycles. The smallest absolute Gasteiger partial charge is 0.327 e. The second kappa shape index (κ2) is 10.1. The van der Waals surface area contributed by atoms with Gasteiger partial charge in [-0.25, -0.2) is 4.79 Å². The predicted octanol–water partition coefficient (Wildman–Crippen LogP) is -1.75. The van der Waals surface area contributed by atoms with E-state index < -0.39 is 48.2 Å². The second-order valence-electron chi connectivity index (χ2n) is 4.69. The Morgan fingerprint density at radius 3 is 2.14 bits per heavy atom. The van der Waals surface area contributed by atoms with Gasteiger partial charge in [0.1, 0.15) is 17.9 Å². The van der Waals surface area contributed by atoms with E-state index in [-0.39, 0.29) is 25.0 Å². The summed E-state index contributed by atoms with van der Waals surface area (Å²) >= 11 is 3.78. The molecule has 126 valence electrons. The first kappa shape index (κ1) is 20.3. The SMILES string of the molecule is N[C@@H](CCC(=O)C[C@@H](CO)C(=O)N[C@@H](CS)C(=O)O)C(=O)O. The Hall–Kier alpha value is -1.65. The van der Waals surface area contributed by atoms with Crippen LogP contribution in [0.4, 0.5) is 0 Å². The number of thiol groups is 1. The Morgan fingerprint density at radius 1 is 1.14 bits per heavy atom. The number of aliphatic hydroxyl groups is 1. The van der Waals surface area contributed by atoms with Crippen molar-refractivity contribution in [3.8, 4) is 0 Å². The molecule has 0 aromatic carbocycles. The van der Waals surface area contributed by atoms with Gasteiger partial charge >= 0.3 is 11.9 Å². The van der Waals surface area contributed by atoms with Gasteiger partial charge in [-0.1, -0.05) is 0 Å². The lowest BCUT2D eigenvalue weighted by molar-refractivity contribution is -0.142. The van der Waals surface area contributed by atoms with Gasteiger partial charge in [-0.3, -0.25) is 14.4 Å². The normalized spacial score (nSPS) is 14.7. The highest BCUT2D eigenvalue weighted by molar-refractivity contribution is 7.80. The maximum Gasteiger partial charge on any atom is 0.327 e. The summed E-state index contributed by atoms with van der Waals surface area (Å²) in [5, 5.41) is 28.7. The number of carbonyl (C=O) groups is 4. The summed E-state index contributed by atoms with van der Waals surface area (Å²) in [4.78, 5) is 44.7. The highest BCUT2D eigenvalue weighted by Gasteiger charge is 2.26. The van der Waals surface area contributed by atoms with E-state index in [0.717, 1.165) is 0 Å². The summed E-state index contributed by atoms with van der Waals surface area (Å²) in [5.74, 6) is -4.97. The molecule has 0 bridgehead atoms. The number of carboxylic acids is 2. The van der Waals surface area contributed by atoms with E-state index in [9.17, 15) is 19.2 Å². The monoisotopic (exact) mass is 336 g/mol. The number of hydrogen-bond donors (Lipinski definition) is 6. The number of hydrogen-bond acceptors (Lipinski definition) is 7. The van der Waals surface area contributed by atoms with Crippen LogP contribution in [0.1, 0.15) is 19.3 Å². The third kappa shape index (κ3) is 7.38. The Labute approximate surface area is 132 Å². The molecule has 0 rings (SSSR count). The summed E-state index contributed by atoms with van der Waals surface area (Å²) in [6, 6.07) is -2.40. The van der Waals surface area contributed by atoms with Crippen molar-refractivity contribution in [2.45, 2.75) is 31.3 Å². The van der Waals surface area contributed by atoms with Crippen molar-refractivity contribution in [3.05, 3.63) is 0 Å². The van der Waals surface area contributed by atoms with Crippen molar-refractivity contribution in [3.63, 3.8) is 0 Å². The minimum Gasteiger partial charge on any atom is -0.480 e. The molecular formula is C12H20N2O7S. The lowest BCUT2D eigenvalue weighted by Crippen LogP contribution is -2.46. The zero-order valence-corrected chi connectivity index (χ0v) is 12.7. The molecule has 1 amide bonds. The van der Waals surface area contributed by atoms with E-state index in [0.29, 0.717) is 0 Å². The Bertz CT molecular complexity index is 430. The van der Waals surface area contributed by atoms with E-state index >= 15 is 0 Å². The molecule has 0 radical (unpaired) electrons. The molecule has 3 atom stereocenters. The van der Waals surface area contributed by atoms with Crippen LogP contribution < -0.4 is 11.1 Å². The van der Waals surface area contributed by atoms with Gasteiger partial charge in [-0.15, -0.1) is 0 Å². The fourth-order valence-electron chi connectivity index (χ4n) is 1.53. The number of Topliss-reactive ketones (excluding diaryl/α,β-unsaturated/α-hetero) is 1. The van der Waals surface area contributed by atoms with Crippen molar-refractivity contribution in [2.75, 3.05) is 12.4 Å². The number of nitrogens with two attached hydrogens (primary N) is 1. The molecule has 0 heterocycles. The summed E-state index contributed by atoms with van der Waals surface area (Å²) in [7, 11) is 0. The first-order valence-electron chi connectivity index (χ1n) is 6.47. The first-order valence-corrected chi connectivity index (χ1v) is 7.11. The lowest BCUT2D eigenvalue weighted by atomic mass is 9.98. The quantitative estimate of drug-likeness (QED) is 0.241. The van der Waals surface area contributed by atoms with Gasteiger partial charge in [0.05, 0.1) is 12.5 Å². The summed E-state index contributed by atoms with van der Waals surface area (Å²) in [6.45, 7) is -0.637. The molecular weight excluding hydrogens is 316 g/mol. The van der Waals surface area contributed by atoms with Gasteiger partial charge in [-0.05, 0) is 6.42 Å². The van der Waals surface area contributed by atoms with Crippen molar-refractivity contribution in [1.82, 2.24) is 5.32 Å². The zero-order valence-electron chi connectivity index (χ0n) is 11.8. The minimum atomic E-state index is -1.28. The van der Waals surface area contributed by atoms with E-state index in [1.54, 1.807) is 0 Å². The van der Waals surface area contributed by atoms with Crippen LogP contribution in [0.25, 0.3) is 0 Å². The lowest BCUT2D eigenvalue weighted by Gasteiger charge is -2.17. The third-order valence-electron chi connectivity index (χ3n) is 2.91. The summed E-state index contributed by atoms with van der Waals surface area (Å²) < 4.78 is 0. The van der Waals surface area contributed by atoms with Crippen LogP contribution in [-0.4, -0.2) is 63.4 Å². The van der Waals surface area contributed by atoms with Gasteiger partial charge in [0, 0.05) is 18.6 Å². The number of nitrogens with one attached hydrogen (secondary N) is 1. The molecule has 0 aliphatic rings. The number of aliphatic carboxylic acids is 2. The van der Waals surface area contributed by atoms with Crippen LogP contribution >= 0.6 is 12.6 Å². The Morgan fingerprint density at radius 2 is 1.73 bits per heavy atom. The standard InChI is InChI=1S/C12H20N2O7S/c13-8(11(18)19)2-1-7(16)3-6(4-15)10(17)14-9(5-22)12(20)21/h6,8-9,15,22H,1-5,13H2,(H,14,17)(H,18,19)(H,20,21)/t6-,8-,9-/m0/s1. The van der Waals surface area contributed by atoms with Crippen LogP contribution in [0, 0.1) is 5.92 Å². The van der Waals surface area contributed by atoms with E-state index in [4.69, 9.17) is 21.1 Å². The molecule has 0 fully saturated rings. The van der Waals surface area contributed by atoms with Gasteiger partial charge in [0.25, 0.3) is 0 Å². The summed E-state index contributed by atoms with van der Waals surface area (Å²) in [6.07, 6.45) is -0.553. The molecule has 0 aromatic rings. The van der Waals surface area contributed by atoms with E-state index in [1.165, 1.54) is 0 Å². The summed E-state index contributed by atoms with van der Waals surface area (Å²) in [5.41, 5.74) is 5.25. The Kier molecular flexibility index (Phi) is 9.38. The van der Waals surface area contributed by atoms with Crippen LogP contribution in [-0.2, 0) is 19.2 Å². The molecule has 9 nitrogen and oxygen atoms in total. The van der Waals surface area contributed by atoms with Crippen LogP contribution in [0.5, 0.6) is 0 Å². The number of rotatable bonds is 11. The number of aliphatic hydroxyl groups excluding tert-OH is 1. The highest BCUT2D eigenvalue weighted by atomic mass is 32.1. The number of carbonyl (C=O) groups excluding carboxylic acids is 2. The average molecular weight is 336 g/mol. The fourth-order valence-corrected chi connectivity index (χ4v) is 1.78. The van der Waals surface area contributed by atoms with Crippen molar-refractivity contribution in [1.29, 1.82) is 0 Å². The fraction of sp³-hybridized carbons (Fsp3) is 0.667. The largest absolute Gasteiger partial charge is 0.480 e. The molecule has 22 heavy (non-hydrogen) atoms. The van der Waals surface area contributed by atoms with Crippen molar-refractivity contribution >= 4 is 36.3 Å². The third-order valence-corrected chi connectivity index (χ3v) is 3.28. The van der Waals surface area contributed by atoms with E-state index in [2.05, 4.69) is 17.9 Å². The molecule has 0 aromatic heterocycles. The van der Waals surface area contributed by atoms with Gasteiger partial charge in [0.15, 0.2) is 0 Å². The highest BCUT2D eigenvalue weighted by Crippen LogP contribution is 2.09. The van der Waals surface area contributed by atoms with Crippen LogP contribution in [0.2, 0.25) is 0 Å². The molecule has 6 N–H and O–H groups in total. The topological polar surface area (TPSA) is 167 Å². The van der Waals surface area contributed by atoms with Crippen LogP contribution in [0.15, 0.2) is 0 Å². The number of amides is 1. The average Bonchev–Trinajstić information content (AvgIpc) is 2.46. The predicted molar refractivity (Wildman–Crippen MR) is 78.5 cm³/mol. The molecule has 0 saturated carbocycles. The van der Waals surface area contributed by atoms with Gasteiger partial charge < -0.3 is 26.4 Å². The van der Waals surface area contributed by atoms with Crippen molar-refractivity contribution in [2.24, 2.45) is 11.7 Å². The molecule has 0 unspecified atom stereocenters. The molecule has 0 spiro atoms. The number of ketones is 1.